The lowest BCUT2D eigenvalue weighted by Crippen LogP contribution is -2.29. The third-order valence-electron chi connectivity index (χ3n) is 9.04. The molecule has 9 nitrogen and oxygen atoms in total. The number of allylic oxidation sites excluding steroid dienone is 6. The Morgan fingerprint density at radius 2 is 1.80 bits per heavy atom. The van der Waals surface area contributed by atoms with Gasteiger partial charge in [0.15, 0.2) is 18.5 Å². The minimum atomic E-state index is -4.33. The zero-order valence-corrected chi connectivity index (χ0v) is 28.0. The second-order valence-corrected chi connectivity index (χ2v) is 14.1. The maximum atomic E-state index is 12.3. The number of hydrogen-bond acceptors (Lipinski definition) is 7. The van der Waals surface area contributed by atoms with Crippen molar-refractivity contribution in [1.29, 1.82) is 0 Å². The number of nitrogens with zero attached hydrogens (tertiary/aromatic N) is 2. The molecule has 2 aromatic rings. The minimum Gasteiger partial charge on any atom is -0.465 e. The molecule has 10 heteroatoms. The Labute approximate surface area is 271 Å². The average Bonchev–Trinajstić information content (AvgIpc) is 3.67. The van der Waals surface area contributed by atoms with Crippen molar-refractivity contribution in [3.05, 3.63) is 102 Å². The summed E-state index contributed by atoms with van der Waals surface area (Å²) in [4.78, 5) is 14.5. The molecule has 0 amide bonds. The van der Waals surface area contributed by atoms with Crippen molar-refractivity contribution in [3.8, 4) is 0 Å². The number of ether oxygens (including phenoxy) is 3. The molecule has 0 radical (unpaired) electrons. The normalized spacial score (nSPS) is 19.9. The number of carbonyl (C=O) groups excluding carboxylic acids is 1. The lowest BCUT2D eigenvalue weighted by Gasteiger charge is -2.27. The summed E-state index contributed by atoms with van der Waals surface area (Å²) >= 11 is 0. The molecule has 0 spiro atoms. The van der Waals surface area contributed by atoms with Crippen molar-refractivity contribution in [2.24, 2.45) is 0 Å². The van der Waals surface area contributed by atoms with Crippen LogP contribution in [-0.2, 0) is 35.2 Å². The molecule has 0 unspecified atom stereocenters. The van der Waals surface area contributed by atoms with E-state index in [1.807, 2.05) is 36.4 Å². The molecule has 1 fully saturated rings. The lowest BCUT2D eigenvalue weighted by molar-refractivity contribution is -0.436. The number of anilines is 1. The van der Waals surface area contributed by atoms with Crippen molar-refractivity contribution in [2.75, 3.05) is 38.3 Å². The second kappa shape index (κ2) is 13.1. The van der Waals surface area contributed by atoms with Gasteiger partial charge in [0, 0.05) is 53.9 Å². The van der Waals surface area contributed by atoms with Crippen molar-refractivity contribution in [2.45, 2.75) is 62.6 Å². The summed E-state index contributed by atoms with van der Waals surface area (Å²) in [6.45, 7) is 14.8. The zero-order chi connectivity index (χ0) is 33.3. The average molecular weight is 648 g/mol. The van der Waals surface area contributed by atoms with Gasteiger partial charge in [0.25, 0.3) is 10.1 Å². The fourth-order valence-corrected chi connectivity index (χ4v) is 7.11. The smallest absolute Gasteiger partial charge is 0.337 e. The summed E-state index contributed by atoms with van der Waals surface area (Å²) in [7, 11) is -2.94. The fraction of sp³-hybridized carbons (Fsp3) is 0.389. The first-order valence-electron chi connectivity index (χ1n) is 15.5. The highest BCUT2D eigenvalue weighted by Crippen LogP contribution is 2.48. The fourth-order valence-electron chi connectivity index (χ4n) is 6.60. The second-order valence-electron chi connectivity index (χ2n) is 12.6. The van der Waals surface area contributed by atoms with Gasteiger partial charge in [-0.15, -0.1) is 6.58 Å². The van der Waals surface area contributed by atoms with E-state index in [2.05, 4.69) is 55.9 Å². The molecule has 3 aliphatic heterocycles. The van der Waals surface area contributed by atoms with Crippen molar-refractivity contribution >= 4 is 33.2 Å². The molecule has 0 aliphatic carbocycles. The van der Waals surface area contributed by atoms with E-state index in [9.17, 15) is 17.8 Å². The minimum absolute atomic E-state index is 0.116. The largest absolute Gasteiger partial charge is 0.465 e. The van der Waals surface area contributed by atoms with Gasteiger partial charge in [-0.2, -0.15) is 13.0 Å². The SMILES string of the molecule is C=CCC[N+]1=C(C=CC=CC=C2N(CCC3OCCO3)c3ccc(C(=O)OC)cc3C2(C)C)C(C)(C)c2cc(S(=O)(=O)O)ccc21. The van der Waals surface area contributed by atoms with Gasteiger partial charge in [-0.05, 0) is 55.8 Å². The number of esters is 1. The molecule has 1 saturated heterocycles. The molecule has 46 heavy (non-hydrogen) atoms. The van der Waals surface area contributed by atoms with E-state index in [0.717, 1.165) is 40.3 Å². The predicted octanol–water partition coefficient (Wildman–Crippen LogP) is 6.23. The first-order valence-corrected chi connectivity index (χ1v) is 16.9. The predicted molar refractivity (Wildman–Crippen MR) is 179 cm³/mol. The van der Waals surface area contributed by atoms with E-state index in [4.69, 9.17) is 14.2 Å². The van der Waals surface area contributed by atoms with Crippen LogP contribution in [0.3, 0.4) is 0 Å². The Bertz CT molecular complexity index is 1760. The molecule has 0 atom stereocenters. The maximum Gasteiger partial charge on any atom is 0.337 e. The molecule has 1 N–H and O–H groups in total. The van der Waals surface area contributed by atoms with Gasteiger partial charge in [0.2, 0.25) is 5.69 Å². The summed E-state index contributed by atoms with van der Waals surface area (Å²) in [5.74, 6) is -0.369. The van der Waals surface area contributed by atoms with Gasteiger partial charge < -0.3 is 19.1 Å². The van der Waals surface area contributed by atoms with Crippen LogP contribution >= 0.6 is 0 Å². The van der Waals surface area contributed by atoms with Crippen LogP contribution in [0.15, 0.2) is 90.0 Å². The molecule has 3 heterocycles. The first-order chi connectivity index (χ1) is 21.8. The number of hydrogen-bond donors (Lipinski definition) is 1. The van der Waals surface area contributed by atoms with E-state index in [1.165, 1.54) is 13.2 Å². The van der Waals surface area contributed by atoms with Gasteiger partial charge in [-0.1, -0.05) is 38.2 Å². The van der Waals surface area contributed by atoms with Gasteiger partial charge in [-0.25, -0.2) is 4.79 Å². The van der Waals surface area contributed by atoms with Crippen molar-refractivity contribution < 1.29 is 36.6 Å². The Hall–Kier alpha value is -3.83. The number of rotatable bonds is 11. The van der Waals surface area contributed by atoms with Crippen LogP contribution in [0.4, 0.5) is 11.4 Å². The molecule has 244 valence electrons. The summed E-state index contributed by atoms with van der Waals surface area (Å²) in [6.07, 6.45) is 13.2. The van der Waals surface area contributed by atoms with Crippen LogP contribution in [-0.4, -0.2) is 68.9 Å². The number of fused-ring (bicyclic) bond motifs is 2. The molecule has 3 aliphatic rings. The highest BCUT2D eigenvalue weighted by atomic mass is 32.2. The molecule has 5 rings (SSSR count). The van der Waals surface area contributed by atoms with Crippen LogP contribution in [0.5, 0.6) is 0 Å². The third kappa shape index (κ3) is 6.40. The van der Waals surface area contributed by atoms with E-state index >= 15 is 0 Å². The number of carbonyl (C=O) groups is 1. The Balaban J connectivity index is 1.45. The standard InChI is InChI=1S/C36H42N2O7S/c1-7-8-19-37-30-17-15-26(46(40,41)42)24-28(30)36(4,5)31(37)12-10-9-11-13-32-35(2,3)27-23-25(34(39)43-6)14-16-29(27)38(32)20-18-33-44-21-22-45-33/h7,9-17,23-24,33H,1,8,18-22H2,2-6H3/p+1. The van der Waals surface area contributed by atoms with Crippen LogP contribution < -0.4 is 4.90 Å². The van der Waals surface area contributed by atoms with Crippen molar-refractivity contribution in [1.82, 2.24) is 0 Å². The molecule has 0 saturated carbocycles. The Kier molecular flexibility index (Phi) is 9.56. The molecule has 0 bridgehead atoms. The summed E-state index contributed by atoms with van der Waals surface area (Å²) in [5, 5.41) is 0. The topological polar surface area (TPSA) is 105 Å². The molecular formula is C36H43N2O7S+. The molecule has 0 aromatic heterocycles. The van der Waals surface area contributed by atoms with Crippen LogP contribution in [0.1, 0.15) is 62.0 Å². The van der Waals surface area contributed by atoms with E-state index < -0.39 is 15.5 Å². The summed E-state index contributed by atoms with van der Waals surface area (Å²) in [6, 6.07) is 10.5. The third-order valence-corrected chi connectivity index (χ3v) is 9.89. The highest BCUT2D eigenvalue weighted by Gasteiger charge is 2.45. The summed E-state index contributed by atoms with van der Waals surface area (Å²) in [5.41, 5.74) is 5.53. The molecule has 2 aromatic carbocycles. The lowest BCUT2D eigenvalue weighted by atomic mass is 9.81. The van der Waals surface area contributed by atoms with Crippen molar-refractivity contribution in [3.63, 3.8) is 0 Å². The van der Waals surface area contributed by atoms with Crippen LogP contribution in [0.2, 0.25) is 0 Å². The van der Waals surface area contributed by atoms with E-state index in [0.29, 0.717) is 38.3 Å². The van der Waals surface area contributed by atoms with Gasteiger partial charge in [0.05, 0.1) is 36.2 Å². The van der Waals surface area contributed by atoms with Gasteiger partial charge in [0.1, 0.15) is 0 Å². The van der Waals surface area contributed by atoms with E-state index in [1.54, 1.807) is 18.2 Å². The Morgan fingerprint density at radius 1 is 1.07 bits per heavy atom. The van der Waals surface area contributed by atoms with Crippen LogP contribution in [0, 0.1) is 0 Å². The highest BCUT2D eigenvalue weighted by molar-refractivity contribution is 7.85. The quantitative estimate of drug-likeness (QED) is 0.101. The van der Waals surface area contributed by atoms with Gasteiger partial charge in [-0.3, -0.25) is 4.55 Å². The molecular weight excluding hydrogens is 604 g/mol. The number of benzene rings is 2. The summed E-state index contributed by atoms with van der Waals surface area (Å²) < 4.78 is 52.0. The van der Waals surface area contributed by atoms with Crippen LogP contribution in [0.25, 0.3) is 0 Å². The maximum absolute atomic E-state index is 12.3. The van der Waals surface area contributed by atoms with E-state index in [-0.39, 0.29) is 22.6 Å². The number of methoxy groups -OCH3 is 1. The van der Waals surface area contributed by atoms with Gasteiger partial charge >= 0.3 is 5.97 Å². The Morgan fingerprint density at radius 3 is 2.48 bits per heavy atom. The first kappa shape index (κ1) is 33.5. The monoisotopic (exact) mass is 647 g/mol. The zero-order valence-electron chi connectivity index (χ0n) is 27.2.